The average Bonchev–Trinajstić information content (AvgIpc) is 2.98. The third-order valence-corrected chi connectivity index (χ3v) is 5.45. The molecule has 9 heteroatoms. The molecule has 3 rings (SSSR count). The summed E-state index contributed by atoms with van der Waals surface area (Å²) in [5, 5.41) is 1.98. The smallest absolute Gasteiger partial charge is 0.309 e. The minimum absolute atomic E-state index is 0.367. The zero-order valence-corrected chi connectivity index (χ0v) is 17.4. The van der Waals surface area contributed by atoms with E-state index in [1.807, 2.05) is 22.8 Å². The summed E-state index contributed by atoms with van der Waals surface area (Å²) in [6.45, 7) is 2.24. The molecule has 0 aliphatic carbocycles. The van der Waals surface area contributed by atoms with Gasteiger partial charge >= 0.3 is 5.69 Å². The summed E-state index contributed by atoms with van der Waals surface area (Å²) in [6, 6.07) is 7.41. The van der Waals surface area contributed by atoms with Crippen molar-refractivity contribution in [2.75, 3.05) is 5.75 Å². The lowest BCUT2D eigenvalue weighted by atomic mass is 10.2. The predicted molar refractivity (Wildman–Crippen MR) is 111 cm³/mol. The van der Waals surface area contributed by atoms with Crippen molar-refractivity contribution in [3.8, 4) is 0 Å². The van der Waals surface area contributed by atoms with Crippen LogP contribution in [0.1, 0.15) is 12.5 Å². The topological polar surface area (TPSA) is 61.8 Å². The van der Waals surface area contributed by atoms with Gasteiger partial charge in [-0.15, -0.1) is 0 Å². The molecule has 0 aliphatic rings. The maximum Gasteiger partial charge on any atom is 0.332 e. The molecule has 0 amide bonds. The first-order valence-electron chi connectivity index (χ1n) is 8.15. The van der Waals surface area contributed by atoms with Crippen molar-refractivity contribution in [3.63, 3.8) is 0 Å². The number of halogens is 2. The zero-order chi connectivity index (χ0) is 19.7. The van der Waals surface area contributed by atoms with E-state index in [0.29, 0.717) is 38.7 Å². The van der Waals surface area contributed by atoms with Crippen molar-refractivity contribution in [1.82, 2.24) is 18.7 Å². The highest BCUT2D eigenvalue weighted by atomic mass is 35.5. The number of benzene rings is 1. The molecule has 0 saturated carbocycles. The number of allylic oxidation sites excluding steroid dienone is 1. The van der Waals surface area contributed by atoms with E-state index in [1.165, 1.54) is 23.4 Å². The van der Waals surface area contributed by atoms with Crippen LogP contribution in [0.25, 0.3) is 11.2 Å². The third-order valence-electron chi connectivity index (χ3n) is 4.14. The van der Waals surface area contributed by atoms with Gasteiger partial charge in [-0.05, 0) is 24.6 Å². The Morgan fingerprint density at radius 3 is 2.48 bits per heavy atom. The van der Waals surface area contributed by atoms with E-state index in [4.69, 9.17) is 23.2 Å². The van der Waals surface area contributed by atoms with Crippen LogP contribution in [0.15, 0.2) is 50.1 Å². The fourth-order valence-corrected chi connectivity index (χ4v) is 3.93. The molecule has 6 nitrogen and oxygen atoms in total. The monoisotopic (exact) mass is 424 g/mol. The summed E-state index contributed by atoms with van der Waals surface area (Å²) in [6.07, 6.45) is 1.87. The van der Waals surface area contributed by atoms with E-state index in [1.54, 1.807) is 26.1 Å². The Hall–Kier alpha value is -1.96. The molecule has 0 aliphatic heterocycles. The summed E-state index contributed by atoms with van der Waals surface area (Å²) in [5.41, 5.74) is 0.956. The summed E-state index contributed by atoms with van der Waals surface area (Å²) >= 11 is 13.3. The van der Waals surface area contributed by atoms with Gasteiger partial charge in [-0.2, -0.15) is 0 Å². The minimum Gasteiger partial charge on any atom is -0.309 e. The van der Waals surface area contributed by atoms with E-state index in [0.717, 1.165) is 10.1 Å². The number of nitrogens with zero attached hydrogens (tertiary/aromatic N) is 4. The van der Waals surface area contributed by atoms with Gasteiger partial charge in [0.05, 0.1) is 6.54 Å². The number of aromatic nitrogens is 4. The van der Waals surface area contributed by atoms with E-state index < -0.39 is 5.69 Å². The first-order chi connectivity index (χ1) is 12.8. The standard InChI is InChI=1S/C18H18Cl2N4O2S/c1-11(19)8-9-27-17-21-15-14(16(25)23(3)18(26)22(15)2)24(17)10-12-4-6-13(20)7-5-12/h4-8H,9-10H2,1-3H3/b11-8-. The second-order valence-electron chi connectivity index (χ2n) is 6.09. The van der Waals surface area contributed by atoms with Gasteiger partial charge in [-0.1, -0.05) is 53.2 Å². The molecule has 0 atom stereocenters. The Kier molecular flexibility index (Phi) is 5.83. The van der Waals surface area contributed by atoms with Crippen molar-refractivity contribution in [2.45, 2.75) is 18.6 Å². The number of thioether (sulfide) groups is 1. The van der Waals surface area contributed by atoms with Crippen molar-refractivity contribution in [3.05, 3.63) is 66.8 Å². The molecular weight excluding hydrogens is 407 g/mol. The maximum absolute atomic E-state index is 12.8. The molecule has 0 radical (unpaired) electrons. The molecule has 2 aromatic heterocycles. The highest BCUT2D eigenvalue weighted by Crippen LogP contribution is 2.24. The van der Waals surface area contributed by atoms with Crippen LogP contribution in [-0.4, -0.2) is 24.4 Å². The lowest BCUT2D eigenvalue weighted by Gasteiger charge is -2.09. The molecular formula is C18H18Cl2N4O2S. The second-order valence-corrected chi connectivity index (χ2v) is 8.11. The van der Waals surface area contributed by atoms with E-state index in [2.05, 4.69) is 4.98 Å². The molecule has 27 heavy (non-hydrogen) atoms. The van der Waals surface area contributed by atoms with Gasteiger partial charge in [0, 0.05) is 29.9 Å². The Bertz CT molecular complexity index is 1140. The van der Waals surface area contributed by atoms with E-state index in [9.17, 15) is 9.59 Å². The predicted octanol–water partition coefficient (Wildman–Crippen LogP) is 3.37. The fraction of sp³-hybridized carbons (Fsp3) is 0.278. The Morgan fingerprint density at radius 2 is 1.85 bits per heavy atom. The number of hydrogen-bond acceptors (Lipinski definition) is 4. The molecule has 2 heterocycles. The maximum atomic E-state index is 12.8. The van der Waals surface area contributed by atoms with Gasteiger partial charge in [0.25, 0.3) is 5.56 Å². The molecule has 3 aromatic rings. The van der Waals surface area contributed by atoms with Crippen molar-refractivity contribution < 1.29 is 0 Å². The SMILES string of the molecule is C/C(Cl)=C/CSc1nc2c(c(=O)n(C)c(=O)n2C)n1Cc1ccc(Cl)cc1. The van der Waals surface area contributed by atoms with Gasteiger partial charge < -0.3 is 4.57 Å². The number of hydrogen-bond donors (Lipinski definition) is 0. The van der Waals surface area contributed by atoms with Crippen LogP contribution in [0.5, 0.6) is 0 Å². The number of aryl methyl sites for hydroxylation is 1. The number of rotatable bonds is 5. The summed E-state index contributed by atoms with van der Waals surface area (Å²) in [5.74, 6) is 0.605. The van der Waals surface area contributed by atoms with Gasteiger partial charge in [0.15, 0.2) is 16.3 Å². The lowest BCUT2D eigenvalue weighted by Crippen LogP contribution is -2.37. The van der Waals surface area contributed by atoms with E-state index >= 15 is 0 Å². The highest BCUT2D eigenvalue weighted by molar-refractivity contribution is 7.99. The molecule has 142 valence electrons. The molecule has 1 aromatic carbocycles. The molecule has 0 N–H and O–H groups in total. The van der Waals surface area contributed by atoms with Crippen LogP contribution in [-0.2, 0) is 20.6 Å². The first-order valence-corrected chi connectivity index (χ1v) is 9.89. The molecule has 0 bridgehead atoms. The first kappa shape index (κ1) is 19.8. The largest absolute Gasteiger partial charge is 0.332 e. The van der Waals surface area contributed by atoms with Crippen LogP contribution in [0.3, 0.4) is 0 Å². The molecule has 0 spiro atoms. The van der Waals surface area contributed by atoms with Crippen LogP contribution in [0.2, 0.25) is 5.02 Å². The fourth-order valence-electron chi connectivity index (χ4n) is 2.69. The lowest BCUT2D eigenvalue weighted by molar-refractivity contribution is 0.696. The molecule has 0 unspecified atom stereocenters. The minimum atomic E-state index is -0.406. The quantitative estimate of drug-likeness (QED) is 0.589. The van der Waals surface area contributed by atoms with Crippen molar-refractivity contribution in [1.29, 1.82) is 0 Å². The molecule has 0 saturated heterocycles. The summed E-state index contributed by atoms with van der Waals surface area (Å²) < 4.78 is 4.32. The van der Waals surface area contributed by atoms with Gasteiger partial charge in [0.1, 0.15) is 0 Å². The van der Waals surface area contributed by atoms with Gasteiger partial charge in [-0.3, -0.25) is 13.9 Å². The zero-order valence-electron chi connectivity index (χ0n) is 15.1. The van der Waals surface area contributed by atoms with Crippen LogP contribution in [0.4, 0.5) is 0 Å². The van der Waals surface area contributed by atoms with Gasteiger partial charge in [-0.25, -0.2) is 9.78 Å². The number of imidazole rings is 1. The normalized spacial score (nSPS) is 12.1. The molecule has 0 fully saturated rings. The Labute approximate surface area is 170 Å². The van der Waals surface area contributed by atoms with Crippen LogP contribution in [0, 0.1) is 0 Å². The average molecular weight is 425 g/mol. The van der Waals surface area contributed by atoms with Crippen molar-refractivity contribution in [2.24, 2.45) is 14.1 Å². The third kappa shape index (κ3) is 4.00. The van der Waals surface area contributed by atoms with Crippen LogP contribution < -0.4 is 11.2 Å². The van der Waals surface area contributed by atoms with Crippen molar-refractivity contribution >= 4 is 46.1 Å². The Balaban J connectivity index is 2.19. The summed E-state index contributed by atoms with van der Waals surface area (Å²) in [7, 11) is 3.08. The van der Waals surface area contributed by atoms with Gasteiger partial charge in [0.2, 0.25) is 0 Å². The second kappa shape index (κ2) is 7.96. The summed E-state index contributed by atoms with van der Waals surface area (Å²) in [4.78, 5) is 29.6. The van der Waals surface area contributed by atoms with Crippen LogP contribution >= 0.6 is 35.0 Å². The van der Waals surface area contributed by atoms with E-state index in [-0.39, 0.29) is 5.56 Å². The number of fused-ring (bicyclic) bond motifs is 1. The highest BCUT2D eigenvalue weighted by Gasteiger charge is 2.19. The Morgan fingerprint density at radius 1 is 1.19 bits per heavy atom.